The molecule has 1 N–H and O–H groups in total. The van der Waals surface area contributed by atoms with Gasteiger partial charge in [-0.2, -0.15) is 5.26 Å². The van der Waals surface area contributed by atoms with E-state index in [1.54, 1.807) is 37.3 Å². The minimum absolute atomic E-state index is 0.0452. The van der Waals surface area contributed by atoms with Gasteiger partial charge in [0.25, 0.3) is 5.91 Å². The SMILES string of the molecule is COC(=O)c1ccc(Cn2c(C)c(C(=O)NCc3ccc(C#N)cc3)sc2=O)o1. The minimum atomic E-state index is -0.603. The predicted octanol–water partition coefficient (Wildman–Crippen LogP) is 2.45. The van der Waals surface area contributed by atoms with Crippen molar-refractivity contribution in [3.63, 3.8) is 0 Å². The number of methoxy groups -OCH3 is 1. The van der Waals surface area contributed by atoms with Crippen LogP contribution in [0.3, 0.4) is 0 Å². The van der Waals surface area contributed by atoms with Crippen LogP contribution in [0.25, 0.3) is 0 Å². The molecular weight excluding hydrogens is 394 g/mol. The van der Waals surface area contributed by atoms with Crippen LogP contribution < -0.4 is 10.2 Å². The van der Waals surface area contributed by atoms with Crippen LogP contribution in [-0.4, -0.2) is 23.6 Å². The third-order valence-corrected chi connectivity index (χ3v) is 5.33. The fourth-order valence-electron chi connectivity index (χ4n) is 2.66. The summed E-state index contributed by atoms with van der Waals surface area (Å²) in [5, 5.41) is 11.6. The fraction of sp³-hybridized carbons (Fsp3) is 0.200. The van der Waals surface area contributed by atoms with Crippen LogP contribution in [0.5, 0.6) is 0 Å². The molecule has 0 unspecified atom stereocenters. The van der Waals surface area contributed by atoms with Crippen LogP contribution in [-0.2, 0) is 17.8 Å². The van der Waals surface area contributed by atoms with Crippen LogP contribution in [0.4, 0.5) is 0 Å². The summed E-state index contributed by atoms with van der Waals surface area (Å²) in [6.07, 6.45) is 0. The van der Waals surface area contributed by atoms with Gasteiger partial charge >= 0.3 is 10.8 Å². The number of nitrogens with zero attached hydrogens (tertiary/aromatic N) is 2. The minimum Gasteiger partial charge on any atom is -0.463 e. The van der Waals surface area contributed by atoms with Crippen molar-refractivity contribution in [1.29, 1.82) is 5.26 Å². The van der Waals surface area contributed by atoms with E-state index in [0.29, 0.717) is 21.9 Å². The second kappa shape index (κ2) is 8.58. The molecule has 0 radical (unpaired) electrons. The highest BCUT2D eigenvalue weighted by Gasteiger charge is 2.19. The summed E-state index contributed by atoms with van der Waals surface area (Å²) in [5.74, 6) is -0.516. The first kappa shape index (κ1) is 20.1. The highest BCUT2D eigenvalue weighted by Crippen LogP contribution is 2.16. The van der Waals surface area contributed by atoms with Gasteiger partial charge in [-0.1, -0.05) is 23.5 Å². The molecule has 0 aliphatic rings. The molecule has 0 saturated heterocycles. The van der Waals surface area contributed by atoms with Gasteiger partial charge < -0.3 is 14.5 Å². The number of ether oxygens (including phenoxy) is 1. The molecule has 3 rings (SSSR count). The second-order valence-corrected chi connectivity index (χ2v) is 7.08. The maximum atomic E-state index is 12.5. The maximum absolute atomic E-state index is 12.5. The lowest BCUT2D eigenvalue weighted by Crippen LogP contribution is -2.23. The van der Waals surface area contributed by atoms with Gasteiger partial charge in [-0.3, -0.25) is 14.2 Å². The molecule has 0 fully saturated rings. The number of furan rings is 1. The lowest BCUT2D eigenvalue weighted by molar-refractivity contribution is 0.0562. The van der Waals surface area contributed by atoms with E-state index >= 15 is 0 Å². The molecule has 0 atom stereocenters. The number of rotatable bonds is 6. The maximum Gasteiger partial charge on any atom is 0.373 e. The van der Waals surface area contributed by atoms with E-state index in [1.807, 2.05) is 6.07 Å². The molecule has 8 nitrogen and oxygen atoms in total. The van der Waals surface area contributed by atoms with E-state index in [0.717, 1.165) is 16.9 Å². The van der Waals surface area contributed by atoms with Crippen molar-refractivity contribution in [2.24, 2.45) is 0 Å². The lowest BCUT2D eigenvalue weighted by Gasteiger charge is -2.06. The average molecular weight is 411 g/mol. The number of esters is 1. The van der Waals surface area contributed by atoms with E-state index in [2.05, 4.69) is 10.1 Å². The van der Waals surface area contributed by atoms with Crippen molar-refractivity contribution in [2.45, 2.75) is 20.0 Å². The Labute approximate surface area is 170 Å². The van der Waals surface area contributed by atoms with Gasteiger partial charge in [-0.05, 0) is 36.8 Å². The molecule has 1 aromatic carbocycles. The van der Waals surface area contributed by atoms with Gasteiger partial charge in [-0.25, -0.2) is 4.79 Å². The smallest absolute Gasteiger partial charge is 0.373 e. The summed E-state index contributed by atoms with van der Waals surface area (Å²) in [4.78, 5) is 36.4. The average Bonchev–Trinajstić information content (AvgIpc) is 3.32. The number of hydrogen-bond donors (Lipinski definition) is 1. The van der Waals surface area contributed by atoms with Gasteiger partial charge in [0.2, 0.25) is 5.76 Å². The van der Waals surface area contributed by atoms with Crippen LogP contribution in [0, 0.1) is 18.3 Å². The molecule has 0 spiro atoms. The zero-order valence-corrected chi connectivity index (χ0v) is 16.5. The quantitative estimate of drug-likeness (QED) is 0.623. The number of aromatic nitrogens is 1. The Balaban J connectivity index is 1.71. The normalized spacial score (nSPS) is 10.4. The van der Waals surface area contributed by atoms with E-state index in [-0.39, 0.29) is 29.6 Å². The van der Waals surface area contributed by atoms with Gasteiger partial charge in [0.05, 0.1) is 25.3 Å². The number of benzene rings is 1. The Bertz CT molecular complexity index is 1150. The molecule has 0 bridgehead atoms. The van der Waals surface area contributed by atoms with E-state index in [1.165, 1.54) is 17.7 Å². The summed E-state index contributed by atoms with van der Waals surface area (Å²) < 4.78 is 11.4. The summed E-state index contributed by atoms with van der Waals surface area (Å²) >= 11 is 0.846. The Morgan fingerprint density at radius 1 is 1.24 bits per heavy atom. The van der Waals surface area contributed by atoms with Crippen molar-refractivity contribution < 1.29 is 18.7 Å². The second-order valence-electron chi connectivity index (χ2n) is 6.12. The van der Waals surface area contributed by atoms with Crippen molar-refractivity contribution in [1.82, 2.24) is 9.88 Å². The van der Waals surface area contributed by atoms with Gasteiger partial charge in [0, 0.05) is 12.2 Å². The molecule has 2 heterocycles. The van der Waals surface area contributed by atoms with Crippen molar-refractivity contribution >= 4 is 23.2 Å². The Hall–Kier alpha value is -3.64. The molecule has 148 valence electrons. The molecule has 9 heteroatoms. The lowest BCUT2D eigenvalue weighted by atomic mass is 10.1. The fourth-order valence-corrected chi connectivity index (χ4v) is 3.57. The summed E-state index contributed by atoms with van der Waals surface area (Å²) in [5.41, 5.74) is 1.89. The van der Waals surface area contributed by atoms with Crippen LogP contribution in [0.2, 0.25) is 0 Å². The molecule has 3 aromatic rings. The third kappa shape index (κ3) is 4.44. The number of nitrogens with one attached hydrogen (secondary N) is 1. The monoisotopic (exact) mass is 411 g/mol. The third-order valence-electron chi connectivity index (χ3n) is 4.25. The molecular formula is C20H17N3O5S. The summed E-state index contributed by atoms with van der Waals surface area (Å²) in [6, 6.07) is 12.0. The first-order valence-corrected chi connectivity index (χ1v) is 9.39. The predicted molar refractivity (Wildman–Crippen MR) is 105 cm³/mol. The largest absolute Gasteiger partial charge is 0.463 e. The molecule has 29 heavy (non-hydrogen) atoms. The zero-order valence-electron chi connectivity index (χ0n) is 15.7. The number of carbonyl (C=O) groups excluding carboxylic acids is 2. The summed E-state index contributed by atoms with van der Waals surface area (Å²) in [7, 11) is 1.25. The molecule has 0 aliphatic carbocycles. The van der Waals surface area contributed by atoms with E-state index in [9.17, 15) is 14.4 Å². The standard InChI is InChI=1S/C20H17N3O5S/c1-12-17(18(24)22-10-14-5-3-13(9-21)4-6-14)29-20(26)23(12)11-15-7-8-16(28-15)19(25)27-2/h3-8H,10-11H2,1-2H3,(H,22,24). The van der Waals surface area contributed by atoms with E-state index in [4.69, 9.17) is 9.68 Å². The zero-order chi connectivity index (χ0) is 21.0. The highest BCUT2D eigenvalue weighted by atomic mass is 32.1. The Kier molecular flexibility index (Phi) is 5.95. The number of nitriles is 1. The van der Waals surface area contributed by atoms with Gasteiger partial charge in [-0.15, -0.1) is 0 Å². The van der Waals surface area contributed by atoms with Gasteiger partial charge in [0.15, 0.2) is 0 Å². The summed E-state index contributed by atoms with van der Waals surface area (Å²) in [6.45, 7) is 2.05. The topological polar surface area (TPSA) is 114 Å². The number of carbonyl (C=O) groups is 2. The van der Waals surface area contributed by atoms with Crippen LogP contribution in [0.1, 0.15) is 42.8 Å². The van der Waals surface area contributed by atoms with E-state index < -0.39 is 5.97 Å². The molecule has 0 saturated carbocycles. The first-order chi connectivity index (χ1) is 13.9. The van der Waals surface area contributed by atoms with Crippen LogP contribution in [0.15, 0.2) is 45.6 Å². The number of amides is 1. The van der Waals surface area contributed by atoms with Crippen molar-refractivity contribution in [3.05, 3.63) is 79.3 Å². The van der Waals surface area contributed by atoms with Crippen molar-refractivity contribution in [3.8, 4) is 6.07 Å². The number of hydrogen-bond acceptors (Lipinski definition) is 7. The number of thiazole rings is 1. The Morgan fingerprint density at radius 3 is 2.62 bits per heavy atom. The van der Waals surface area contributed by atoms with Crippen molar-refractivity contribution in [2.75, 3.05) is 7.11 Å². The first-order valence-electron chi connectivity index (χ1n) is 8.57. The van der Waals surface area contributed by atoms with Gasteiger partial charge in [0.1, 0.15) is 10.6 Å². The molecule has 0 aliphatic heterocycles. The highest BCUT2D eigenvalue weighted by molar-refractivity contribution is 7.11. The molecule has 2 aromatic heterocycles. The Morgan fingerprint density at radius 2 is 1.97 bits per heavy atom. The van der Waals surface area contributed by atoms with Crippen LogP contribution >= 0.6 is 11.3 Å². The molecule has 1 amide bonds.